The summed E-state index contributed by atoms with van der Waals surface area (Å²) in [5, 5.41) is 3.18. The molecule has 0 saturated heterocycles. The van der Waals surface area contributed by atoms with Gasteiger partial charge in [0.15, 0.2) is 0 Å². The van der Waals surface area contributed by atoms with Gasteiger partial charge in [-0.15, -0.1) is 0 Å². The predicted octanol–water partition coefficient (Wildman–Crippen LogP) is 2.67. The van der Waals surface area contributed by atoms with E-state index in [-0.39, 0.29) is 15.6 Å². The quantitative estimate of drug-likeness (QED) is 0.640. The van der Waals surface area contributed by atoms with Crippen LogP contribution in [0.4, 0.5) is 4.39 Å². The van der Waals surface area contributed by atoms with Gasteiger partial charge in [-0.05, 0) is 33.2 Å². The molecule has 0 aliphatic heterocycles. The molecule has 1 N–H and O–H groups in total. The monoisotopic (exact) mass is 336 g/mol. The van der Waals surface area contributed by atoms with Gasteiger partial charge in [0.25, 0.3) is 0 Å². The van der Waals surface area contributed by atoms with E-state index in [1.54, 1.807) is 6.92 Å². The van der Waals surface area contributed by atoms with Gasteiger partial charge in [0.05, 0.1) is 12.1 Å². The van der Waals surface area contributed by atoms with Crippen molar-refractivity contribution >= 4 is 29.2 Å². The number of rotatable bonds is 6. The van der Waals surface area contributed by atoms with E-state index < -0.39 is 17.3 Å². The van der Waals surface area contributed by atoms with Gasteiger partial charge in [-0.3, -0.25) is 5.32 Å². The van der Waals surface area contributed by atoms with Gasteiger partial charge in [-0.1, -0.05) is 23.2 Å². The van der Waals surface area contributed by atoms with E-state index in [0.29, 0.717) is 13.1 Å². The number of methoxy groups -OCH3 is 1. The van der Waals surface area contributed by atoms with E-state index in [2.05, 4.69) is 5.32 Å². The Bertz CT molecular complexity index is 526. The SMILES string of the molecule is COC(=O)C(C)(NCCN(C)C)c1cc(F)c(Cl)cc1Cl. The van der Waals surface area contributed by atoms with E-state index in [4.69, 9.17) is 27.9 Å². The third-order valence-corrected chi connectivity index (χ3v) is 3.78. The van der Waals surface area contributed by atoms with Crippen molar-refractivity contribution in [2.75, 3.05) is 34.3 Å². The Hall–Kier alpha value is -0.880. The Morgan fingerprint density at radius 2 is 2.00 bits per heavy atom. The number of hydrogen-bond donors (Lipinski definition) is 1. The number of nitrogens with one attached hydrogen (secondary N) is 1. The Labute approximate surface area is 134 Å². The minimum atomic E-state index is -1.26. The topological polar surface area (TPSA) is 41.6 Å². The maximum absolute atomic E-state index is 13.7. The maximum atomic E-state index is 13.7. The van der Waals surface area contributed by atoms with Gasteiger partial charge in [-0.25, -0.2) is 9.18 Å². The van der Waals surface area contributed by atoms with E-state index in [9.17, 15) is 9.18 Å². The lowest BCUT2D eigenvalue weighted by molar-refractivity contribution is -0.148. The van der Waals surface area contributed by atoms with Crippen molar-refractivity contribution in [2.24, 2.45) is 0 Å². The van der Waals surface area contributed by atoms with Crippen LogP contribution in [-0.2, 0) is 15.1 Å². The van der Waals surface area contributed by atoms with Crippen LogP contribution in [0.15, 0.2) is 12.1 Å². The number of carbonyl (C=O) groups is 1. The second-order valence-corrected chi connectivity index (χ2v) is 5.91. The maximum Gasteiger partial charge on any atom is 0.330 e. The Balaban J connectivity index is 3.18. The highest BCUT2D eigenvalue weighted by Gasteiger charge is 2.38. The second-order valence-electron chi connectivity index (χ2n) is 5.09. The number of esters is 1. The molecule has 1 aromatic carbocycles. The largest absolute Gasteiger partial charge is 0.467 e. The smallest absolute Gasteiger partial charge is 0.330 e. The van der Waals surface area contributed by atoms with Crippen molar-refractivity contribution in [3.05, 3.63) is 33.6 Å². The van der Waals surface area contributed by atoms with Gasteiger partial charge in [0.2, 0.25) is 0 Å². The first kappa shape index (κ1) is 18.2. The molecule has 0 bridgehead atoms. The molecular formula is C14H19Cl2FN2O2. The van der Waals surface area contributed by atoms with Gasteiger partial charge in [0, 0.05) is 23.7 Å². The molecule has 0 heterocycles. The molecule has 0 aliphatic rings. The zero-order valence-corrected chi connectivity index (χ0v) is 14.0. The fourth-order valence-electron chi connectivity index (χ4n) is 1.92. The van der Waals surface area contributed by atoms with E-state index >= 15 is 0 Å². The molecule has 0 saturated carbocycles. The molecule has 1 atom stereocenters. The van der Waals surface area contributed by atoms with E-state index in [1.807, 2.05) is 19.0 Å². The number of likely N-dealkylation sites (N-methyl/N-ethyl adjacent to an activating group) is 1. The molecule has 4 nitrogen and oxygen atoms in total. The molecular weight excluding hydrogens is 318 g/mol. The zero-order valence-electron chi connectivity index (χ0n) is 12.5. The standard InChI is InChI=1S/C14H19Cl2FN2O2/c1-14(13(20)21-4,18-5-6-19(2)3)9-7-12(17)11(16)8-10(9)15/h7-8,18H,5-6H2,1-4H3. The molecule has 1 unspecified atom stereocenters. The Morgan fingerprint density at radius 3 is 2.52 bits per heavy atom. The number of halogens is 3. The van der Waals surface area contributed by atoms with Crippen LogP contribution >= 0.6 is 23.2 Å². The lowest BCUT2D eigenvalue weighted by atomic mass is 9.91. The molecule has 0 aromatic heterocycles. The number of hydrogen-bond acceptors (Lipinski definition) is 4. The van der Waals surface area contributed by atoms with E-state index in [1.165, 1.54) is 13.2 Å². The average molecular weight is 337 g/mol. The third-order valence-electron chi connectivity index (χ3n) is 3.18. The first-order valence-electron chi connectivity index (χ1n) is 6.35. The fourth-order valence-corrected chi connectivity index (χ4v) is 2.49. The van der Waals surface area contributed by atoms with Crippen LogP contribution in [0.1, 0.15) is 12.5 Å². The predicted molar refractivity (Wildman–Crippen MR) is 82.3 cm³/mol. The molecule has 1 rings (SSSR count). The van der Waals surface area contributed by atoms with Gasteiger partial charge >= 0.3 is 5.97 Å². The average Bonchev–Trinajstić information content (AvgIpc) is 2.41. The third kappa shape index (κ3) is 4.30. The molecule has 0 radical (unpaired) electrons. The van der Waals surface area contributed by atoms with Crippen LogP contribution in [0.5, 0.6) is 0 Å². The van der Waals surface area contributed by atoms with Crippen molar-refractivity contribution in [1.29, 1.82) is 0 Å². The first-order valence-corrected chi connectivity index (χ1v) is 7.11. The summed E-state index contributed by atoms with van der Waals surface area (Å²) in [7, 11) is 5.09. The van der Waals surface area contributed by atoms with Crippen molar-refractivity contribution in [3.63, 3.8) is 0 Å². The summed E-state index contributed by atoms with van der Waals surface area (Å²) in [6.45, 7) is 2.79. The molecule has 0 spiro atoms. The van der Waals surface area contributed by atoms with Crippen LogP contribution in [0.25, 0.3) is 0 Å². The summed E-state index contributed by atoms with van der Waals surface area (Å²) in [5.41, 5.74) is -0.968. The normalized spacial score (nSPS) is 14.1. The van der Waals surface area contributed by atoms with Crippen molar-refractivity contribution < 1.29 is 13.9 Å². The minimum absolute atomic E-state index is 0.0933. The summed E-state index contributed by atoms with van der Waals surface area (Å²) >= 11 is 11.8. The number of carbonyl (C=O) groups excluding carboxylic acids is 1. The summed E-state index contributed by atoms with van der Waals surface area (Å²) < 4.78 is 18.6. The van der Waals surface area contributed by atoms with Crippen LogP contribution in [0.2, 0.25) is 10.0 Å². The molecule has 0 aliphatic carbocycles. The van der Waals surface area contributed by atoms with Crippen molar-refractivity contribution in [1.82, 2.24) is 10.2 Å². The van der Waals surface area contributed by atoms with Crippen LogP contribution in [0, 0.1) is 5.82 Å². The summed E-state index contributed by atoms with van der Waals surface area (Å²) in [6.07, 6.45) is 0. The highest BCUT2D eigenvalue weighted by atomic mass is 35.5. The van der Waals surface area contributed by atoms with Crippen LogP contribution < -0.4 is 5.32 Å². The van der Waals surface area contributed by atoms with E-state index in [0.717, 1.165) is 6.07 Å². The highest BCUT2D eigenvalue weighted by Crippen LogP contribution is 2.33. The molecule has 1 aromatic rings. The summed E-state index contributed by atoms with van der Waals surface area (Å²) in [5.74, 6) is -1.19. The summed E-state index contributed by atoms with van der Waals surface area (Å²) in [6, 6.07) is 2.44. The first-order chi connectivity index (χ1) is 9.72. The minimum Gasteiger partial charge on any atom is -0.467 e. The molecule has 7 heteroatoms. The lowest BCUT2D eigenvalue weighted by Crippen LogP contribution is -2.49. The zero-order chi connectivity index (χ0) is 16.2. The lowest BCUT2D eigenvalue weighted by Gasteiger charge is -2.30. The molecule has 0 amide bonds. The number of benzene rings is 1. The molecule has 0 fully saturated rings. The highest BCUT2D eigenvalue weighted by molar-refractivity contribution is 6.35. The van der Waals surface area contributed by atoms with Gasteiger partial charge < -0.3 is 9.64 Å². The van der Waals surface area contributed by atoms with Crippen LogP contribution in [0.3, 0.4) is 0 Å². The number of nitrogens with zero attached hydrogens (tertiary/aromatic N) is 1. The van der Waals surface area contributed by atoms with Crippen molar-refractivity contribution in [2.45, 2.75) is 12.5 Å². The molecule has 21 heavy (non-hydrogen) atoms. The fraction of sp³-hybridized carbons (Fsp3) is 0.500. The Morgan fingerprint density at radius 1 is 1.38 bits per heavy atom. The van der Waals surface area contributed by atoms with Crippen molar-refractivity contribution in [3.8, 4) is 0 Å². The van der Waals surface area contributed by atoms with Crippen LogP contribution in [-0.4, -0.2) is 45.2 Å². The number of ether oxygens (including phenoxy) is 1. The molecule has 118 valence electrons. The second kappa shape index (κ2) is 7.40. The van der Waals surface area contributed by atoms with Gasteiger partial charge in [0.1, 0.15) is 11.4 Å². The van der Waals surface area contributed by atoms with Gasteiger partial charge in [-0.2, -0.15) is 0 Å². The Kier molecular flexibility index (Phi) is 6.41. The summed E-state index contributed by atoms with van der Waals surface area (Å²) in [4.78, 5) is 14.1.